The van der Waals surface area contributed by atoms with Gasteiger partial charge in [-0.3, -0.25) is 5.32 Å². The smallest absolute Gasteiger partial charge is 0.161 e. The molecule has 0 aliphatic rings. The van der Waals surface area contributed by atoms with Gasteiger partial charge in [0.2, 0.25) is 0 Å². The van der Waals surface area contributed by atoms with Crippen LogP contribution in [0.2, 0.25) is 0 Å². The van der Waals surface area contributed by atoms with E-state index in [0.29, 0.717) is 6.54 Å². The molecule has 0 spiro atoms. The van der Waals surface area contributed by atoms with Gasteiger partial charge in [0.15, 0.2) is 11.5 Å². The van der Waals surface area contributed by atoms with Crippen molar-refractivity contribution in [2.45, 2.75) is 25.4 Å². The Kier molecular flexibility index (Phi) is 4.44. The minimum atomic E-state index is -0.410. The van der Waals surface area contributed by atoms with Gasteiger partial charge in [0.1, 0.15) is 0 Å². The number of halogens is 1. The number of nitrogens with one attached hydrogen (secondary N) is 1. The summed E-state index contributed by atoms with van der Waals surface area (Å²) in [5.74, 6) is 1.46. The molecule has 0 atom stereocenters. The summed E-state index contributed by atoms with van der Waals surface area (Å²) in [7, 11) is 3.25. The standard InChI is InChI=1S/C12H18ClNO2/c1-12(2,13)14-8-9-5-6-10(15-3)11(7-9)16-4/h5-7,14H,8H2,1-4H3. The maximum atomic E-state index is 6.05. The number of benzene rings is 1. The first-order valence-corrected chi connectivity index (χ1v) is 5.49. The van der Waals surface area contributed by atoms with E-state index in [4.69, 9.17) is 21.1 Å². The van der Waals surface area contributed by atoms with E-state index in [0.717, 1.165) is 17.1 Å². The van der Waals surface area contributed by atoms with Crippen LogP contribution in [0.4, 0.5) is 0 Å². The maximum Gasteiger partial charge on any atom is 0.161 e. The van der Waals surface area contributed by atoms with Gasteiger partial charge >= 0.3 is 0 Å². The highest BCUT2D eigenvalue weighted by Crippen LogP contribution is 2.27. The van der Waals surface area contributed by atoms with Crippen LogP contribution < -0.4 is 14.8 Å². The summed E-state index contributed by atoms with van der Waals surface area (Å²) in [4.78, 5) is -0.410. The lowest BCUT2D eigenvalue weighted by atomic mass is 10.2. The number of hydrogen-bond acceptors (Lipinski definition) is 3. The summed E-state index contributed by atoms with van der Waals surface area (Å²) < 4.78 is 10.4. The number of alkyl halides is 1. The van der Waals surface area contributed by atoms with Gasteiger partial charge < -0.3 is 9.47 Å². The lowest BCUT2D eigenvalue weighted by molar-refractivity contribution is 0.354. The lowest BCUT2D eigenvalue weighted by Gasteiger charge is -2.18. The van der Waals surface area contributed by atoms with Crippen LogP contribution in [0.1, 0.15) is 19.4 Å². The average Bonchev–Trinajstić information content (AvgIpc) is 2.25. The molecule has 1 N–H and O–H groups in total. The van der Waals surface area contributed by atoms with Crippen molar-refractivity contribution in [1.82, 2.24) is 5.32 Å². The molecule has 0 saturated heterocycles. The normalized spacial score (nSPS) is 11.3. The minimum absolute atomic E-state index is 0.410. The second kappa shape index (κ2) is 5.41. The molecular formula is C12H18ClNO2. The second-order valence-corrected chi connectivity index (χ2v) is 4.96. The molecular weight excluding hydrogens is 226 g/mol. The number of methoxy groups -OCH3 is 2. The Morgan fingerprint density at radius 1 is 1.19 bits per heavy atom. The minimum Gasteiger partial charge on any atom is -0.493 e. The van der Waals surface area contributed by atoms with Crippen LogP contribution in [0.5, 0.6) is 11.5 Å². The van der Waals surface area contributed by atoms with E-state index in [1.807, 2.05) is 32.0 Å². The Bertz CT molecular complexity index is 347. The summed E-state index contributed by atoms with van der Waals surface area (Å²) in [6, 6.07) is 5.81. The zero-order chi connectivity index (χ0) is 12.2. The van der Waals surface area contributed by atoms with Crippen molar-refractivity contribution in [3.8, 4) is 11.5 Å². The van der Waals surface area contributed by atoms with Gasteiger partial charge in [-0.2, -0.15) is 0 Å². The van der Waals surface area contributed by atoms with Crippen LogP contribution >= 0.6 is 11.6 Å². The molecule has 0 bridgehead atoms. The third kappa shape index (κ3) is 3.91. The zero-order valence-corrected chi connectivity index (χ0v) is 10.9. The third-order valence-electron chi connectivity index (χ3n) is 2.16. The van der Waals surface area contributed by atoms with E-state index in [1.165, 1.54) is 0 Å². The van der Waals surface area contributed by atoms with Gasteiger partial charge in [-0.25, -0.2) is 0 Å². The molecule has 1 aromatic carbocycles. The summed E-state index contributed by atoms with van der Waals surface area (Å²) in [5.41, 5.74) is 1.10. The SMILES string of the molecule is COc1ccc(CNC(C)(C)Cl)cc1OC. The molecule has 0 radical (unpaired) electrons. The van der Waals surface area contributed by atoms with E-state index < -0.39 is 5.00 Å². The highest BCUT2D eigenvalue weighted by Gasteiger charge is 2.12. The largest absolute Gasteiger partial charge is 0.493 e. The molecule has 16 heavy (non-hydrogen) atoms. The lowest BCUT2D eigenvalue weighted by Crippen LogP contribution is -2.32. The summed E-state index contributed by atoms with van der Waals surface area (Å²) >= 11 is 6.05. The quantitative estimate of drug-likeness (QED) is 0.637. The fraction of sp³-hybridized carbons (Fsp3) is 0.500. The maximum absolute atomic E-state index is 6.05. The molecule has 1 rings (SSSR count). The van der Waals surface area contributed by atoms with E-state index in [-0.39, 0.29) is 0 Å². The monoisotopic (exact) mass is 243 g/mol. The first-order valence-electron chi connectivity index (χ1n) is 5.11. The van der Waals surface area contributed by atoms with E-state index in [9.17, 15) is 0 Å². The Hall–Kier alpha value is -0.930. The van der Waals surface area contributed by atoms with Crippen molar-refractivity contribution in [3.05, 3.63) is 23.8 Å². The molecule has 3 nitrogen and oxygen atoms in total. The van der Waals surface area contributed by atoms with Crippen molar-refractivity contribution in [1.29, 1.82) is 0 Å². The highest BCUT2D eigenvalue weighted by molar-refractivity contribution is 6.23. The van der Waals surface area contributed by atoms with Crippen molar-refractivity contribution in [3.63, 3.8) is 0 Å². The fourth-order valence-electron chi connectivity index (χ4n) is 1.30. The van der Waals surface area contributed by atoms with Crippen molar-refractivity contribution in [2.75, 3.05) is 14.2 Å². The fourth-order valence-corrected chi connectivity index (χ4v) is 1.37. The Balaban J connectivity index is 2.75. The Morgan fingerprint density at radius 2 is 1.81 bits per heavy atom. The average molecular weight is 244 g/mol. The Morgan fingerprint density at radius 3 is 2.31 bits per heavy atom. The van der Waals surface area contributed by atoms with Crippen LogP contribution in [0.3, 0.4) is 0 Å². The first kappa shape index (κ1) is 13.1. The van der Waals surface area contributed by atoms with Crippen LogP contribution in [0.15, 0.2) is 18.2 Å². The third-order valence-corrected chi connectivity index (χ3v) is 2.29. The molecule has 90 valence electrons. The van der Waals surface area contributed by atoms with Crippen molar-refractivity contribution >= 4 is 11.6 Å². The van der Waals surface area contributed by atoms with E-state index in [2.05, 4.69) is 5.32 Å². The number of ether oxygens (including phenoxy) is 2. The topological polar surface area (TPSA) is 30.5 Å². The summed E-state index contributed by atoms with van der Waals surface area (Å²) in [6.07, 6.45) is 0. The second-order valence-electron chi connectivity index (χ2n) is 4.02. The van der Waals surface area contributed by atoms with E-state index >= 15 is 0 Å². The van der Waals surface area contributed by atoms with Gasteiger partial charge in [-0.15, -0.1) is 11.6 Å². The van der Waals surface area contributed by atoms with Gasteiger partial charge in [0, 0.05) is 6.54 Å². The molecule has 4 heteroatoms. The predicted molar refractivity (Wildman–Crippen MR) is 66.3 cm³/mol. The molecule has 0 saturated carbocycles. The molecule has 1 aromatic rings. The number of rotatable bonds is 5. The van der Waals surface area contributed by atoms with Gasteiger partial charge in [-0.1, -0.05) is 6.07 Å². The van der Waals surface area contributed by atoms with Gasteiger partial charge in [0.25, 0.3) is 0 Å². The van der Waals surface area contributed by atoms with Crippen LogP contribution in [0.25, 0.3) is 0 Å². The predicted octanol–water partition coefficient (Wildman–Crippen LogP) is 2.77. The molecule has 0 heterocycles. The highest BCUT2D eigenvalue weighted by atomic mass is 35.5. The van der Waals surface area contributed by atoms with Crippen molar-refractivity contribution < 1.29 is 9.47 Å². The molecule has 0 unspecified atom stereocenters. The van der Waals surface area contributed by atoms with Crippen molar-refractivity contribution in [2.24, 2.45) is 0 Å². The van der Waals surface area contributed by atoms with Crippen LogP contribution in [-0.2, 0) is 6.54 Å². The first-order chi connectivity index (χ1) is 7.46. The summed E-state index contributed by atoms with van der Waals surface area (Å²) in [6.45, 7) is 4.52. The molecule has 0 aromatic heterocycles. The van der Waals surface area contributed by atoms with Crippen LogP contribution in [0, 0.1) is 0 Å². The molecule has 0 amide bonds. The zero-order valence-electron chi connectivity index (χ0n) is 10.1. The van der Waals surface area contributed by atoms with Gasteiger partial charge in [-0.05, 0) is 31.5 Å². The van der Waals surface area contributed by atoms with Crippen LogP contribution in [-0.4, -0.2) is 19.2 Å². The molecule has 0 fully saturated rings. The summed E-state index contributed by atoms with van der Waals surface area (Å²) in [5, 5.41) is 3.20. The van der Waals surface area contributed by atoms with E-state index in [1.54, 1.807) is 14.2 Å². The Labute approximate surface area is 102 Å². The number of hydrogen-bond donors (Lipinski definition) is 1. The molecule has 0 aliphatic heterocycles. The molecule has 0 aliphatic carbocycles. The van der Waals surface area contributed by atoms with Gasteiger partial charge in [0.05, 0.1) is 19.2 Å².